The normalized spacial score (nSPS) is 20.3. The Morgan fingerprint density at radius 1 is 1.12 bits per heavy atom. The van der Waals surface area contributed by atoms with E-state index in [9.17, 15) is 18.5 Å². The number of piperidine rings is 1. The minimum absolute atomic E-state index is 0.0779. The van der Waals surface area contributed by atoms with Gasteiger partial charge in [0, 0.05) is 44.8 Å². The Morgan fingerprint density at radius 3 is 2.44 bits per heavy atom. The maximum Gasteiger partial charge on any atom is 0.293 e. The van der Waals surface area contributed by atoms with Crippen LogP contribution in [0.1, 0.15) is 26.7 Å². The van der Waals surface area contributed by atoms with Gasteiger partial charge in [-0.3, -0.25) is 19.3 Å². The molecule has 0 bridgehead atoms. The molecule has 34 heavy (non-hydrogen) atoms. The number of hydrogen-bond donors (Lipinski definition) is 0. The van der Waals surface area contributed by atoms with Gasteiger partial charge in [0.15, 0.2) is 0 Å². The zero-order valence-corrected chi connectivity index (χ0v) is 20.5. The molecule has 1 atom stereocenters. The van der Waals surface area contributed by atoms with Crippen LogP contribution in [0, 0.1) is 10.1 Å². The lowest BCUT2D eigenvalue weighted by Crippen LogP contribution is -2.51. The second-order valence-electron chi connectivity index (χ2n) is 8.81. The second kappa shape index (κ2) is 10.3. The van der Waals surface area contributed by atoms with E-state index in [-0.39, 0.29) is 23.2 Å². The van der Waals surface area contributed by atoms with Crippen LogP contribution in [-0.2, 0) is 14.8 Å². The van der Waals surface area contributed by atoms with E-state index in [4.69, 9.17) is 4.74 Å². The fourth-order valence-corrected chi connectivity index (χ4v) is 6.43. The summed E-state index contributed by atoms with van der Waals surface area (Å²) in [6, 6.07) is 13.5. The highest BCUT2D eigenvalue weighted by Gasteiger charge is 2.32. The van der Waals surface area contributed by atoms with Gasteiger partial charge in [0.1, 0.15) is 5.69 Å². The van der Waals surface area contributed by atoms with Crippen molar-refractivity contribution in [1.29, 1.82) is 0 Å². The molecule has 2 aliphatic heterocycles. The topological polar surface area (TPSA) is 96.2 Å². The van der Waals surface area contributed by atoms with Crippen molar-refractivity contribution in [3.63, 3.8) is 0 Å². The van der Waals surface area contributed by atoms with Crippen molar-refractivity contribution in [3.05, 3.63) is 58.6 Å². The van der Waals surface area contributed by atoms with Crippen LogP contribution in [0.5, 0.6) is 0 Å². The highest BCUT2D eigenvalue weighted by Crippen LogP contribution is 2.35. The van der Waals surface area contributed by atoms with E-state index < -0.39 is 14.9 Å². The Balaban J connectivity index is 1.55. The summed E-state index contributed by atoms with van der Waals surface area (Å²) in [6.07, 6.45) is 2.03. The lowest BCUT2D eigenvalue weighted by atomic mass is 10.0. The van der Waals surface area contributed by atoms with Crippen LogP contribution in [0.3, 0.4) is 0 Å². The molecule has 2 aliphatic rings. The molecule has 9 nitrogen and oxygen atoms in total. The van der Waals surface area contributed by atoms with Crippen molar-refractivity contribution in [2.75, 3.05) is 48.5 Å². The number of ether oxygens (including phenoxy) is 1. The highest BCUT2D eigenvalue weighted by atomic mass is 32.2. The standard InChI is InChI=1S/C24H32N4O5S/c1-3-27(21-7-5-4-6-8-21)34(31,32)22-9-10-23(24(17-22)28(29)30)25-13-11-20(12-14-25)26-15-16-33-19(2)18-26/h4-10,17,19-20H,3,11-16,18H2,1-2H3. The van der Waals surface area contributed by atoms with Gasteiger partial charge in [0.05, 0.1) is 28.2 Å². The van der Waals surface area contributed by atoms with E-state index in [1.807, 2.05) is 11.0 Å². The molecule has 2 aromatic rings. The monoisotopic (exact) mass is 488 g/mol. The van der Waals surface area contributed by atoms with Crippen LogP contribution in [-0.4, -0.2) is 69.7 Å². The van der Waals surface area contributed by atoms with Gasteiger partial charge >= 0.3 is 0 Å². The summed E-state index contributed by atoms with van der Waals surface area (Å²) in [7, 11) is -3.94. The van der Waals surface area contributed by atoms with Crippen molar-refractivity contribution in [2.45, 2.75) is 43.7 Å². The fourth-order valence-electron chi connectivity index (χ4n) is 4.94. The van der Waals surface area contributed by atoms with Gasteiger partial charge in [-0.05, 0) is 51.0 Å². The first-order chi connectivity index (χ1) is 16.3. The summed E-state index contributed by atoms with van der Waals surface area (Å²) in [5, 5.41) is 11.9. The summed E-state index contributed by atoms with van der Waals surface area (Å²) < 4.78 is 33.6. The molecule has 0 aromatic heterocycles. The largest absolute Gasteiger partial charge is 0.376 e. The number of rotatable bonds is 7. The Kier molecular flexibility index (Phi) is 7.39. The van der Waals surface area contributed by atoms with Crippen LogP contribution in [0.4, 0.5) is 17.1 Å². The molecule has 0 radical (unpaired) electrons. The van der Waals surface area contributed by atoms with Gasteiger partial charge in [-0.25, -0.2) is 8.42 Å². The molecule has 4 rings (SSSR count). The lowest BCUT2D eigenvalue weighted by molar-refractivity contribution is -0.384. The Labute approximate surface area is 201 Å². The molecule has 1 unspecified atom stereocenters. The number of hydrogen-bond acceptors (Lipinski definition) is 7. The molecule has 10 heteroatoms. The SMILES string of the molecule is CCN(c1ccccc1)S(=O)(=O)c1ccc(N2CCC(N3CCOC(C)C3)CC2)c([N+](=O)[O-])c1. The van der Waals surface area contributed by atoms with Gasteiger partial charge in [-0.1, -0.05) is 18.2 Å². The van der Waals surface area contributed by atoms with Crippen molar-refractivity contribution in [1.82, 2.24) is 4.90 Å². The first-order valence-corrected chi connectivity index (χ1v) is 13.2. The molecule has 0 amide bonds. The van der Waals surface area contributed by atoms with Gasteiger partial charge in [0.2, 0.25) is 0 Å². The fraction of sp³-hybridized carbons (Fsp3) is 0.500. The molecule has 2 heterocycles. The van der Waals surface area contributed by atoms with E-state index in [0.29, 0.717) is 30.5 Å². The zero-order chi connectivity index (χ0) is 24.3. The third kappa shape index (κ3) is 5.03. The number of sulfonamides is 1. The minimum atomic E-state index is -3.94. The van der Waals surface area contributed by atoms with Gasteiger partial charge in [0.25, 0.3) is 15.7 Å². The number of nitro benzene ring substituents is 1. The van der Waals surface area contributed by atoms with Crippen molar-refractivity contribution < 1.29 is 18.1 Å². The van der Waals surface area contributed by atoms with Crippen molar-refractivity contribution in [2.24, 2.45) is 0 Å². The Morgan fingerprint density at radius 2 is 1.82 bits per heavy atom. The summed E-state index contributed by atoms with van der Waals surface area (Å²) in [5.74, 6) is 0. The minimum Gasteiger partial charge on any atom is -0.376 e. The molecule has 184 valence electrons. The third-order valence-electron chi connectivity index (χ3n) is 6.66. The van der Waals surface area contributed by atoms with Crippen molar-refractivity contribution >= 4 is 27.1 Å². The van der Waals surface area contributed by atoms with E-state index in [1.165, 1.54) is 16.4 Å². The number of nitro groups is 1. The molecule has 2 fully saturated rings. The van der Waals surface area contributed by atoms with Crippen LogP contribution in [0.15, 0.2) is 53.4 Å². The Hall–Kier alpha value is -2.69. The summed E-state index contributed by atoms with van der Waals surface area (Å²) in [5.41, 5.74) is 0.820. The van der Waals surface area contributed by atoms with Crippen LogP contribution in [0.25, 0.3) is 0 Å². The molecule has 0 N–H and O–H groups in total. The molecular weight excluding hydrogens is 456 g/mol. The third-order valence-corrected chi connectivity index (χ3v) is 8.56. The van der Waals surface area contributed by atoms with E-state index >= 15 is 0 Å². The summed E-state index contributed by atoms with van der Waals surface area (Å²) in [4.78, 5) is 15.8. The molecule has 0 spiro atoms. The second-order valence-corrected chi connectivity index (χ2v) is 10.7. The first kappa shape index (κ1) is 24.4. The average Bonchev–Trinajstić information content (AvgIpc) is 2.84. The first-order valence-electron chi connectivity index (χ1n) is 11.8. The molecule has 2 aromatic carbocycles. The van der Waals surface area contributed by atoms with Gasteiger partial charge in [-0.2, -0.15) is 0 Å². The quantitative estimate of drug-likeness (QED) is 0.435. The average molecular weight is 489 g/mol. The van der Waals surface area contributed by atoms with Gasteiger partial charge in [-0.15, -0.1) is 0 Å². The van der Waals surface area contributed by atoms with Crippen molar-refractivity contribution in [3.8, 4) is 0 Å². The predicted octanol–water partition coefficient (Wildman–Crippen LogP) is 3.50. The molecular formula is C24H32N4O5S. The predicted molar refractivity (Wildman–Crippen MR) is 132 cm³/mol. The number of anilines is 2. The number of para-hydroxylation sites is 1. The highest BCUT2D eigenvalue weighted by molar-refractivity contribution is 7.92. The van der Waals surface area contributed by atoms with E-state index in [2.05, 4.69) is 11.8 Å². The molecule has 0 saturated carbocycles. The molecule has 2 saturated heterocycles. The van der Waals surface area contributed by atoms with E-state index in [0.717, 1.165) is 32.5 Å². The van der Waals surface area contributed by atoms with Crippen LogP contribution in [0.2, 0.25) is 0 Å². The van der Waals surface area contributed by atoms with Crippen LogP contribution < -0.4 is 9.21 Å². The molecule has 0 aliphatic carbocycles. The van der Waals surface area contributed by atoms with E-state index in [1.54, 1.807) is 37.3 Å². The smallest absolute Gasteiger partial charge is 0.293 e. The number of morpholine rings is 1. The maximum atomic E-state index is 13.3. The Bertz CT molecular complexity index is 1100. The number of nitrogens with zero attached hydrogens (tertiary/aromatic N) is 4. The number of benzene rings is 2. The van der Waals surface area contributed by atoms with Crippen LogP contribution >= 0.6 is 0 Å². The lowest BCUT2D eigenvalue weighted by Gasteiger charge is -2.42. The summed E-state index contributed by atoms with van der Waals surface area (Å²) in [6.45, 7) is 7.98. The maximum absolute atomic E-state index is 13.3. The zero-order valence-electron chi connectivity index (χ0n) is 19.7. The summed E-state index contributed by atoms with van der Waals surface area (Å²) >= 11 is 0. The van der Waals surface area contributed by atoms with Gasteiger partial charge < -0.3 is 9.64 Å².